The molecule has 0 bridgehead atoms. The minimum Gasteiger partial charge on any atom is -0.396 e. The van der Waals surface area contributed by atoms with Crippen molar-refractivity contribution in [2.75, 3.05) is 32.9 Å². The van der Waals surface area contributed by atoms with Crippen molar-refractivity contribution >= 4 is 16.8 Å². The standard InChI is InChI=1S/C18H22N2O4/c1-12-3-4-16-14(7-12)17(22)15(9-19(16)2)18(23)20-5-6-24-11-13(8-20)10-21/h3-4,7,9,13,21H,5-6,8,10-11H2,1-2H3/t13-/m0/s1. The topological polar surface area (TPSA) is 71.8 Å². The first-order valence-electron chi connectivity index (χ1n) is 8.09. The number of hydrogen-bond acceptors (Lipinski definition) is 4. The third kappa shape index (κ3) is 3.07. The molecule has 1 aromatic carbocycles. The number of fused-ring (bicyclic) bond motifs is 1. The number of aryl methyl sites for hydroxylation is 2. The van der Waals surface area contributed by atoms with E-state index in [2.05, 4.69) is 0 Å². The Kier molecular flexibility index (Phi) is 4.69. The lowest BCUT2D eigenvalue weighted by Gasteiger charge is -2.23. The molecule has 1 fully saturated rings. The van der Waals surface area contributed by atoms with E-state index in [0.717, 1.165) is 11.1 Å². The van der Waals surface area contributed by atoms with Crippen LogP contribution in [0.2, 0.25) is 0 Å². The number of carbonyl (C=O) groups is 1. The number of aromatic nitrogens is 1. The van der Waals surface area contributed by atoms with Crippen LogP contribution in [0.15, 0.2) is 29.2 Å². The summed E-state index contributed by atoms with van der Waals surface area (Å²) < 4.78 is 7.22. The summed E-state index contributed by atoms with van der Waals surface area (Å²) in [6.07, 6.45) is 1.60. The van der Waals surface area contributed by atoms with E-state index < -0.39 is 0 Å². The predicted molar refractivity (Wildman–Crippen MR) is 91.2 cm³/mol. The summed E-state index contributed by atoms with van der Waals surface area (Å²) in [5, 5.41) is 9.92. The minimum atomic E-state index is -0.303. The van der Waals surface area contributed by atoms with E-state index >= 15 is 0 Å². The number of hydrogen-bond donors (Lipinski definition) is 1. The molecule has 1 amide bonds. The summed E-state index contributed by atoms with van der Waals surface area (Å²) >= 11 is 0. The molecule has 2 aromatic rings. The molecule has 24 heavy (non-hydrogen) atoms. The number of ether oxygens (including phenoxy) is 1. The number of rotatable bonds is 2. The zero-order chi connectivity index (χ0) is 17.3. The maximum Gasteiger partial charge on any atom is 0.259 e. The van der Waals surface area contributed by atoms with Crippen LogP contribution >= 0.6 is 0 Å². The Morgan fingerprint density at radius 2 is 2.21 bits per heavy atom. The third-order valence-electron chi connectivity index (χ3n) is 4.46. The van der Waals surface area contributed by atoms with Gasteiger partial charge in [0.05, 0.1) is 18.7 Å². The van der Waals surface area contributed by atoms with Gasteiger partial charge in [-0.15, -0.1) is 0 Å². The Bertz CT molecular complexity index is 828. The molecular formula is C18H22N2O4. The van der Waals surface area contributed by atoms with Crippen molar-refractivity contribution in [1.82, 2.24) is 9.47 Å². The molecule has 1 aliphatic heterocycles. The molecular weight excluding hydrogens is 308 g/mol. The van der Waals surface area contributed by atoms with Crippen molar-refractivity contribution < 1.29 is 14.6 Å². The van der Waals surface area contributed by atoms with Crippen molar-refractivity contribution in [3.63, 3.8) is 0 Å². The molecule has 0 unspecified atom stereocenters. The Morgan fingerprint density at radius 3 is 2.96 bits per heavy atom. The van der Waals surface area contributed by atoms with Crippen LogP contribution in [0, 0.1) is 12.8 Å². The monoisotopic (exact) mass is 330 g/mol. The zero-order valence-corrected chi connectivity index (χ0v) is 14.0. The van der Waals surface area contributed by atoms with Gasteiger partial charge in [0.1, 0.15) is 5.56 Å². The second-order valence-corrected chi connectivity index (χ2v) is 6.38. The Balaban J connectivity index is 2.03. The molecule has 1 aromatic heterocycles. The van der Waals surface area contributed by atoms with Crippen molar-refractivity contribution in [2.45, 2.75) is 6.92 Å². The van der Waals surface area contributed by atoms with Gasteiger partial charge >= 0.3 is 0 Å². The number of benzene rings is 1. The molecule has 0 radical (unpaired) electrons. The molecule has 0 saturated carbocycles. The first-order valence-corrected chi connectivity index (χ1v) is 8.09. The van der Waals surface area contributed by atoms with Gasteiger partial charge in [-0.25, -0.2) is 0 Å². The number of carbonyl (C=O) groups excluding carboxylic acids is 1. The smallest absolute Gasteiger partial charge is 0.259 e. The zero-order valence-electron chi connectivity index (χ0n) is 14.0. The molecule has 6 heteroatoms. The second kappa shape index (κ2) is 6.75. The fraction of sp³-hybridized carbons (Fsp3) is 0.444. The first-order chi connectivity index (χ1) is 11.5. The molecule has 1 N–H and O–H groups in total. The lowest BCUT2D eigenvalue weighted by molar-refractivity contribution is 0.0726. The number of aliphatic hydroxyl groups excluding tert-OH is 1. The normalized spacial score (nSPS) is 18.6. The molecule has 1 saturated heterocycles. The van der Waals surface area contributed by atoms with Gasteiger partial charge in [-0.1, -0.05) is 11.6 Å². The molecule has 128 valence electrons. The summed E-state index contributed by atoms with van der Waals surface area (Å²) in [4.78, 5) is 27.3. The van der Waals surface area contributed by atoms with Crippen LogP contribution in [0.3, 0.4) is 0 Å². The third-order valence-corrected chi connectivity index (χ3v) is 4.46. The van der Waals surface area contributed by atoms with Crippen LogP contribution in [0.4, 0.5) is 0 Å². The van der Waals surface area contributed by atoms with Gasteiger partial charge in [0.15, 0.2) is 0 Å². The van der Waals surface area contributed by atoms with E-state index in [-0.39, 0.29) is 29.4 Å². The summed E-state index contributed by atoms with van der Waals surface area (Å²) in [6, 6.07) is 5.65. The van der Waals surface area contributed by atoms with E-state index in [1.807, 2.05) is 32.2 Å². The van der Waals surface area contributed by atoms with E-state index in [9.17, 15) is 14.7 Å². The van der Waals surface area contributed by atoms with Crippen molar-refractivity contribution in [3.8, 4) is 0 Å². The van der Waals surface area contributed by atoms with Crippen LogP contribution in [0.25, 0.3) is 10.9 Å². The fourth-order valence-corrected chi connectivity index (χ4v) is 3.10. The highest BCUT2D eigenvalue weighted by Gasteiger charge is 2.25. The summed E-state index contributed by atoms with van der Waals surface area (Å²) in [5.74, 6) is -0.425. The molecule has 3 rings (SSSR count). The number of amides is 1. The average molecular weight is 330 g/mol. The van der Waals surface area contributed by atoms with Gasteiger partial charge in [0, 0.05) is 44.2 Å². The summed E-state index contributed by atoms with van der Waals surface area (Å²) in [7, 11) is 1.83. The van der Waals surface area contributed by atoms with Gasteiger partial charge in [-0.3, -0.25) is 9.59 Å². The lowest BCUT2D eigenvalue weighted by Crippen LogP contribution is -2.39. The quantitative estimate of drug-likeness (QED) is 0.889. The van der Waals surface area contributed by atoms with Crippen LogP contribution in [0.5, 0.6) is 0 Å². The van der Waals surface area contributed by atoms with Gasteiger partial charge in [0.2, 0.25) is 5.43 Å². The number of nitrogens with zero attached hydrogens (tertiary/aromatic N) is 2. The molecule has 1 atom stereocenters. The van der Waals surface area contributed by atoms with Gasteiger partial charge in [-0.05, 0) is 19.1 Å². The van der Waals surface area contributed by atoms with Crippen LogP contribution < -0.4 is 5.43 Å². The van der Waals surface area contributed by atoms with E-state index in [1.165, 1.54) is 0 Å². The van der Waals surface area contributed by atoms with Crippen molar-refractivity contribution in [3.05, 3.63) is 45.7 Å². The minimum absolute atomic E-state index is 0.0430. The number of aliphatic hydroxyl groups is 1. The average Bonchev–Trinajstić information content (AvgIpc) is 2.83. The van der Waals surface area contributed by atoms with Crippen molar-refractivity contribution in [2.24, 2.45) is 13.0 Å². The number of pyridine rings is 1. The highest BCUT2D eigenvalue weighted by molar-refractivity contribution is 5.97. The SMILES string of the molecule is Cc1ccc2c(c1)c(=O)c(C(=O)N1CCOC[C@H](CO)C1)cn2C. The van der Waals surface area contributed by atoms with Gasteiger partial charge in [0.25, 0.3) is 5.91 Å². The maximum absolute atomic E-state index is 12.9. The van der Waals surface area contributed by atoms with E-state index in [0.29, 0.717) is 31.7 Å². The Hall–Kier alpha value is -2.18. The second-order valence-electron chi connectivity index (χ2n) is 6.38. The molecule has 2 heterocycles. The van der Waals surface area contributed by atoms with Crippen molar-refractivity contribution in [1.29, 1.82) is 0 Å². The summed E-state index contributed by atoms with van der Waals surface area (Å²) in [6.45, 7) is 3.53. The predicted octanol–water partition coefficient (Wildman–Crippen LogP) is 0.928. The maximum atomic E-state index is 12.9. The van der Waals surface area contributed by atoms with Gasteiger partial charge < -0.3 is 19.3 Å². The van der Waals surface area contributed by atoms with Crippen LogP contribution in [-0.4, -0.2) is 53.4 Å². The lowest BCUT2D eigenvalue weighted by atomic mass is 10.1. The highest BCUT2D eigenvalue weighted by atomic mass is 16.5. The first kappa shape index (κ1) is 16.7. The van der Waals surface area contributed by atoms with Crippen LogP contribution in [0.1, 0.15) is 15.9 Å². The molecule has 6 nitrogen and oxygen atoms in total. The molecule has 0 aliphatic carbocycles. The van der Waals surface area contributed by atoms with E-state index in [1.54, 1.807) is 15.7 Å². The van der Waals surface area contributed by atoms with Crippen LogP contribution in [-0.2, 0) is 11.8 Å². The highest BCUT2D eigenvalue weighted by Crippen LogP contribution is 2.15. The molecule has 1 aliphatic rings. The Labute approximate surface area is 140 Å². The van der Waals surface area contributed by atoms with Gasteiger partial charge in [-0.2, -0.15) is 0 Å². The van der Waals surface area contributed by atoms with E-state index in [4.69, 9.17) is 4.74 Å². The summed E-state index contributed by atoms with van der Waals surface area (Å²) in [5.41, 5.74) is 1.69. The Morgan fingerprint density at radius 1 is 1.42 bits per heavy atom. The molecule has 0 spiro atoms. The fourth-order valence-electron chi connectivity index (χ4n) is 3.10. The largest absolute Gasteiger partial charge is 0.396 e.